The van der Waals surface area contributed by atoms with Gasteiger partial charge in [0.15, 0.2) is 11.3 Å². The molecule has 0 atom stereocenters. The van der Waals surface area contributed by atoms with E-state index in [4.69, 9.17) is 19.9 Å². The molecule has 0 fully saturated rings. The second kappa shape index (κ2) is 9.71. The molecule has 6 nitrogen and oxygen atoms in total. The Morgan fingerprint density at radius 3 is 1.36 bits per heavy atom. The molecule has 0 N–H and O–H groups in total. The minimum atomic E-state index is 0.553. The van der Waals surface area contributed by atoms with Crippen LogP contribution in [0.5, 0.6) is 0 Å². The van der Waals surface area contributed by atoms with Crippen LogP contribution in [0, 0.1) is 0 Å². The van der Waals surface area contributed by atoms with Crippen LogP contribution in [-0.2, 0) is 0 Å². The van der Waals surface area contributed by atoms with Crippen molar-refractivity contribution < 1.29 is 0 Å². The van der Waals surface area contributed by atoms with Crippen molar-refractivity contribution in [3.63, 3.8) is 0 Å². The van der Waals surface area contributed by atoms with Crippen LogP contribution in [-0.4, -0.2) is 29.1 Å². The lowest BCUT2D eigenvalue weighted by Gasteiger charge is -2.11. The van der Waals surface area contributed by atoms with E-state index >= 15 is 0 Å². The molecule has 6 heteroatoms. The third kappa shape index (κ3) is 3.75. The third-order valence-electron chi connectivity index (χ3n) is 8.15. The SMILES string of the molecule is c1ccc(-c2cc(-c3ccccc3)nc(-n3c4ccccc4c4nc5c(nc43)c3ccccc3n5-c3ccccc3)n2)cc1. The second-order valence-electron chi connectivity index (χ2n) is 10.8. The van der Waals surface area contributed by atoms with Gasteiger partial charge in [-0.05, 0) is 30.3 Å². The minimum Gasteiger partial charge on any atom is -0.293 e. The molecule has 9 rings (SSSR count). The Balaban J connectivity index is 1.40. The zero-order valence-corrected chi connectivity index (χ0v) is 23.5. The molecule has 9 aromatic rings. The van der Waals surface area contributed by atoms with Crippen LogP contribution in [0.1, 0.15) is 0 Å². The number of benzene rings is 5. The number of aromatic nitrogens is 6. The van der Waals surface area contributed by atoms with Gasteiger partial charge < -0.3 is 0 Å². The van der Waals surface area contributed by atoms with Gasteiger partial charge in [-0.1, -0.05) is 115 Å². The van der Waals surface area contributed by atoms with Gasteiger partial charge in [-0.25, -0.2) is 19.9 Å². The lowest BCUT2D eigenvalue weighted by Crippen LogP contribution is -2.05. The Kier molecular flexibility index (Phi) is 5.40. The normalized spacial score (nSPS) is 11.6. The van der Waals surface area contributed by atoms with Crippen LogP contribution in [0.15, 0.2) is 146 Å². The summed E-state index contributed by atoms with van der Waals surface area (Å²) in [5.74, 6) is 0.553. The summed E-state index contributed by atoms with van der Waals surface area (Å²) in [5.41, 5.74) is 9.97. The fraction of sp³-hybridized carbons (Fsp3) is 0. The van der Waals surface area contributed by atoms with E-state index in [0.717, 1.165) is 72.3 Å². The summed E-state index contributed by atoms with van der Waals surface area (Å²) < 4.78 is 4.26. The summed E-state index contributed by atoms with van der Waals surface area (Å²) in [6, 6.07) is 49.5. The highest BCUT2D eigenvalue weighted by Gasteiger charge is 2.22. The predicted octanol–water partition coefficient (Wildman–Crippen LogP) is 8.79. The Bertz CT molecular complexity index is 2420. The Hall–Kier alpha value is -6.14. The molecule has 0 aliphatic rings. The van der Waals surface area contributed by atoms with Gasteiger partial charge in [0.2, 0.25) is 5.95 Å². The molecule has 0 saturated heterocycles. The highest BCUT2D eigenvalue weighted by Crippen LogP contribution is 2.36. The fourth-order valence-corrected chi connectivity index (χ4v) is 6.15. The molecule has 4 aromatic heterocycles. The Morgan fingerprint density at radius 2 is 0.818 bits per heavy atom. The molecule has 0 aliphatic heterocycles. The molecule has 0 aliphatic carbocycles. The van der Waals surface area contributed by atoms with Crippen molar-refractivity contribution in [3.8, 4) is 34.2 Å². The van der Waals surface area contributed by atoms with Crippen molar-refractivity contribution in [1.82, 2.24) is 29.1 Å². The fourth-order valence-electron chi connectivity index (χ4n) is 6.15. The van der Waals surface area contributed by atoms with Crippen molar-refractivity contribution in [2.45, 2.75) is 0 Å². The lowest BCUT2D eigenvalue weighted by molar-refractivity contribution is 0.982. The Morgan fingerprint density at radius 1 is 0.386 bits per heavy atom. The molecule has 4 heterocycles. The summed E-state index contributed by atoms with van der Waals surface area (Å²) in [6.45, 7) is 0. The first-order chi connectivity index (χ1) is 21.8. The molecule has 206 valence electrons. The first-order valence-electron chi connectivity index (χ1n) is 14.6. The molecule has 0 radical (unpaired) electrons. The molecule has 0 amide bonds. The van der Waals surface area contributed by atoms with Gasteiger partial charge >= 0.3 is 0 Å². The van der Waals surface area contributed by atoms with Crippen molar-refractivity contribution in [2.75, 3.05) is 0 Å². The van der Waals surface area contributed by atoms with E-state index < -0.39 is 0 Å². The van der Waals surface area contributed by atoms with E-state index in [2.05, 4.69) is 100 Å². The topological polar surface area (TPSA) is 61.4 Å². The van der Waals surface area contributed by atoms with Crippen LogP contribution < -0.4 is 0 Å². The highest BCUT2D eigenvalue weighted by atomic mass is 15.2. The van der Waals surface area contributed by atoms with E-state index in [1.807, 2.05) is 54.6 Å². The molecule has 0 saturated carbocycles. The largest absolute Gasteiger partial charge is 0.293 e. The van der Waals surface area contributed by atoms with Gasteiger partial charge in [-0.2, -0.15) is 0 Å². The minimum absolute atomic E-state index is 0.553. The zero-order valence-electron chi connectivity index (χ0n) is 23.5. The first-order valence-corrected chi connectivity index (χ1v) is 14.6. The maximum atomic E-state index is 5.37. The number of hydrogen-bond donors (Lipinski definition) is 0. The lowest BCUT2D eigenvalue weighted by atomic mass is 10.1. The van der Waals surface area contributed by atoms with Gasteiger partial charge in [-0.15, -0.1) is 0 Å². The van der Waals surface area contributed by atoms with Gasteiger partial charge in [0, 0.05) is 27.6 Å². The molecule has 44 heavy (non-hydrogen) atoms. The molecular formula is C38H24N6. The maximum absolute atomic E-state index is 5.37. The maximum Gasteiger partial charge on any atom is 0.237 e. The summed E-state index contributed by atoms with van der Waals surface area (Å²) in [4.78, 5) is 21.0. The van der Waals surface area contributed by atoms with Crippen LogP contribution in [0.4, 0.5) is 0 Å². The monoisotopic (exact) mass is 564 g/mol. The van der Waals surface area contributed by atoms with Crippen molar-refractivity contribution in [2.24, 2.45) is 0 Å². The molecular weight excluding hydrogens is 540 g/mol. The van der Waals surface area contributed by atoms with Gasteiger partial charge in [0.25, 0.3) is 0 Å². The van der Waals surface area contributed by atoms with Crippen molar-refractivity contribution in [1.29, 1.82) is 0 Å². The zero-order chi connectivity index (χ0) is 29.0. The van der Waals surface area contributed by atoms with Crippen LogP contribution in [0.2, 0.25) is 0 Å². The standard InChI is InChI=1S/C38H24N6/c1-4-14-25(15-5-1)30-24-31(26-16-6-2-7-17-26)40-38(39-30)44-33-23-13-11-21-29(33)35-37(44)42-34-28-20-10-12-22-32(28)43(36(34)41-35)27-18-8-3-9-19-27/h1-24H. The van der Waals surface area contributed by atoms with Gasteiger partial charge in [0.05, 0.1) is 22.4 Å². The van der Waals surface area contributed by atoms with Crippen LogP contribution >= 0.6 is 0 Å². The molecule has 5 aromatic carbocycles. The van der Waals surface area contributed by atoms with Crippen LogP contribution in [0.25, 0.3) is 78.3 Å². The van der Waals surface area contributed by atoms with Crippen LogP contribution in [0.3, 0.4) is 0 Å². The average Bonchev–Trinajstić information content (AvgIpc) is 3.60. The highest BCUT2D eigenvalue weighted by molar-refractivity contribution is 6.12. The van der Waals surface area contributed by atoms with E-state index in [1.165, 1.54) is 0 Å². The van der Waals surface area contributed by atoms with Crippen molar-refractivity contribution in [3.05, 3.63) is 146 Å². The summed E-state index contributed by atoms with van der Waals surface area (Å²) in [5, 5.41) is 2.04. The Labute approximate surface area is 252 Å². The van der Waals surface area contributed by atoms with Crippen molar-refractivity contribution >= 4 is 44.1 Å². The molecule has 0 unspecified atom stereocenters. The van der Waals surface area contributed by atoms with E-state index in [0.29, 0.717) is 5.95 Å². The van der Waals surface area contributed by atoms with Gasteiger partial charge in [-0.3, -0.25) is 9.13 Å². The van der Waals surface area contributed by atoms with Gasteiger partial charge in [0.1, 0.15) is 11.0 Å². The average molecular weight is 565 g/mol. The first kappa shape index (κ1) is 24.5. The molecule has 0 spiro atoms. The van der Waals surface area contributed by atoms with E-state index in [1.54, 1.807) is 0 Å². The quantitative estimate of drug-likeness (QED) is 0.214. The number of hydrogen-bond acceptors (Lipinski definition) is 4. The predicted molar refractivity (Wildman–Crippen MR) is 177 cm³/mol. The second-order valence-corrected chi connectivity index (χ2v) is 10.8. The summed E-state index contributed by atoms with van der Waals surface area (Å²) in [7, 11) is 0. The number of fused-ring (bicyclic) bond motifs is 6. The number of nitrogens with zero attached hydrogens (tertiary/aromatic N) is 6. The number of rotatable bonds is 4. The molecule has 0 bridgehead atoms. The smallest absolute Gasteiger partial charge is 0.237 e. The third-order valence-corrected chi connectivity index (χ3v) is 8.15. The summed E-state index contributed by atoms with van der Waals surface area (Å²) in [6.07, 6.45) is 0. The number of para-hydroxylation sites is 3. The summed E-state index contributed by atoms with van der Waals surface area (Å²) >= 11 is 0. The van der Waals surface area contributed by atoms with E-state index in [9.17, 15) is 0 Å². The van der Waals surface area contributed by atoms with E-state index in [-0.39, 0.29) is 0 Å².